The number of guanidine groups is 1. The van der Waals surface area contributed by atoms with E-state index in [1.807, 2.05) is 6.92 Å². The number of phenolic OH excluding ortho intramolecular Hbond substituents is 1. The van der Waals surface area contributed by atoms with E-state index >= 15 is 0 Å². The second-order valence-corrected chi connectivity index (χ2v) is 9.89. The molecule has 13 nitrogen and oxygen atoms in total. The number of aliphatic imine (C=N–C) groups is 1. The fraction of sp³-hybridized carbons (Fsp3) is 0.577. The molecule has 13 heteroatoms. The van der Waals surface area contributed by atoms with Crippen LogP contribution in [0.25, 0.3) is 0 Å². The Bertz CT molecular complexity index is 1030. The molecule has 39 heavy (non-hydrogen) atoms. The number of carbonyl (C=O) groups is 4. The number of nitrogens with two attached hydrogens (primary N) is 3. The van der Waals surface area contributed by atoms with Crippen LogP contribution < -0.4 is 27.8 Å². The Kier molecular flexibility index (Phi) is 12.0. The van der Waals surface area contributed by atoms with Gasteiger partial charge >= 0.3 is 5.97 Å². The number of rotatable bonds is 14. The number of likely N-dealkylation sites (tertiary alicyclic amines) is 1. The number of carboxylic acid groups (broad SMARTS) is 1. The van der Waals surface area contributed by atoms with Crippen LogP contribution in [0.15, 0.2) is 29.3 Å². The third kappa shape index (κ3) is 9.43. The first-order valence-corrected chi connectivity index (χ1v) is 13.2. The molecule has 0 spiro atoms. The number of nitrogens with zero attached hydrogens (tertiary/aromatic N) is 2. The van der Waals surface area contributed by atoms with E-state index in [1.54, 1.807) is 19.1 Å². The summed E-state index contributed by atoms with van der Waals surface area (Å²) in [5.74, 6) is -3.07. The number of nitrogens with one attached hydrogen (secondary N) is 2. The van der Waals surface area contributed by atoms with E-state index in [1.165, 1.54) is 17.0 Å². The van der Waals surface area contributed by atoms with Crippen LogP contribution in [-0.2, 0) is 25.6 Å². The summed E-state index contributed by atoms with van der Waals surface area (Å²) in [6, 6.07) is 2.23. The van der Waals surface area contributed by atoms with Crippen molar-refractivity contribution in [1.29, 1.82) is 0 Å². The number of carboxylic acids is 1. The predicted octanol–water partition coefficient (Wildman–Crippen LogP) is -0.593. The average Bonchev–Trinajstić information content (AvgIpc) is 3.39. The molecule has 10 N–H and O–H groups in total. The Morgan fingerprint density at radius 1 is 1.15 bits per heavy atom. The van der Waals surface area contributed by atoms with Crippen LogP contribution in [-0.4, -0.2) is 82.0 Å². The van der Waals surface area contributed by atoms with Gasteiger partial charge in [-0.1, -0.05) is 32.4 Å². The van der Waals surface area contributed by atoms with Crippen LogP contribution in [0, 0.1) is 5.92 Å². The minimum Gasteiger partial charge on any atom is -0.508 e. The van der Waals surface area contributed by atoms with E-state index in [0.717, 1.165) is 0 Å². The lowest BCUT2D eigenvalue weighted by molar-refractivity contribution is -0.144. The molecule has 0 unspecified atom stereocenters. The van der Waals surface area contributed by atoms with Crippen molar-refractivity contribution in [2.75, 3.05) is 13.1 Å². The molecule has 1 heterocycles. The maximum Gasteiger partial charge on any atom is 0.326 e. The molecule has 1 aromatic rings. The van der Waals surface area contributed by atoms with Gasteiger partial charge in [-0.15, -0.1) is 0 Å². The van der Waals surface area contributed by atoms with Crippen LogP contribution >= 0.6 is 0 Å². The molecular formula is C26H41N7O6. The highest BCUT2D eigenvalue weighted by atomic mass is 16.4. The number of aliphatic carboxylic acids is 1. The van der Waals surface area contributed by atoms with E-state index in [2.05, 4.69) is 15.6 Å². The second kappa shape index (κ2) is 14.9. The van der Waals surface area contributed by atoms with E-state index < -0.39 is 42.0 Å². The largest absolute Gasteiger partial charge is 0.508 e. The van der Waals surface area contributed by atoms with Crippen LogP contribution in [0.3, 0.4) is 0 Å². The first-order chi connectivity index (χ1) is 18.4. The molecule has 1 fully saturated rings. The molecule has 3 amide bonds. The van der Waals surface area contributed by atoms with Crippen LogP contribution in [0.4, 0.5) is 0 Å². The molecule has 1 aromatic carbocycles. The summed E-state index contributed by atoms with van der Waals surface area (Å²) in [5, 5.41) is 24.5. The van der Waals surface area contributed by atoms with E-state index in [-0.39, 0.29) is 30.0 Å². The smallest absolute Gasteiger partial charge is 0.326 e. The minimum absolute atomic E-state index is 0.0428. The molecule has 0 aliphatic carbocycles. The number of carbonyl (C=O) groups excluding carboxylic acids is 3. The zero-order valence-electron chi connectivity index (χ0n) is 22.5. The first kappa shape index (κ1) is 31.3. The monoisotopic (exact) mass is 547 g/mol. The molecule has 216 valence electrons. The molecular weight excluding hydrogens is 506 g/mol. The average molecular weight is 548 g/mol. The normalized spacial score (nSPS) is 17.9. The second-order valence-electron chi connectivity index (χ2n) is 9.89. The number of aromatic hydroxyl groups is 1. The quantitative estimate of drug-likeness (QED) is 0.0895. The van der Waals surface area contributed by atoms with Gasteiger partial charge in [-0.25, -0.2) is 4.79 Å². The lowest BCUT2D eigenvalue weighted by atomic mass is 9.98. The van der Waals surface area contributed by atoms with Gasteiger partial charge in [0.15, 0.2) is 5.96 Å². The summed E-state index contributed by atoms with van der Waals surface area (Å²) in [7, 11) is 0. The summed E-state index contributed by atoms with van der Waals surface area (Å²) < 4.78 is 0. The molecule has 1 aliphatic rings. The molecule has 0 saturated carbocycles. The highest BCUT2D eigenvalue weighted by Gasteiger charge is 2.38. The fourth-order valence-electron chi connectivity index (χ4n) is 4.44. The van der Waals surface area contributed by atoms with Crippen LogP contribution in [0.2, 0.25) is 0 Å². The van der Waals surface area contributed by atoms with Gasteiger partial charge in [0.05, 0.1) is 6.04 Å². The number of phenols is 1. The molecule has 0 radical (unpaired) electrons. The molecule has 1 saturated heterocycles. The van der Waals surface area contributed by atoms with Crippen molar-refractivity contribution >= 4 is 29.7 Å². The Morgan fingerprint density at radius 2 is 1.82 bits per heavy atom. The SMILES string of the molecule is CC[C@H](C)[C@H](NC(=O)[C@H](Cc1ccc(O)cc1)NC(=O)[C@@H]1CCCN1C(=O)[C@@H](N)CCCN=C(N)N)C(=O)O. The van der Waals surface area contributed by atoms with Gasteiger partial charge in [0.1, 0.15) is 23.9 Å². The van der Waals surface area contributed by atoms with Gasteiger partial charge in [-0.2, -0.15) is 0 Å². The van der Waals surface area contributed by atoms with Crippen molar-refractivity contribution in [3.05, 3.63) is 29.8 Å². The number of amides is 3. The summed E-state index contributed by atoms with van der Waals surface area (Å²) in [6.07, 6.45) is 2.39. The number of benzene rings is 1. The van der Waals surface area contributed by atoms with Gasteiger partial charge in [0.2, 0.25) is 17.7 Å². The third-order valence-corrected chi connectivity index (χ3v) is 6.91. The van der Waals surface area contributed by atoms with Crippen molar-refractivity contribution in [1.82, 2.24) is 15.5 Å². The Hall–Kier alpha value is -3.87. The summed E-state index contributed by atoms with van der Waals surface area (Å²) in [5.41, 5.74) is 17.4. The Labute approximate surface area is 228 Å². The molecule has 0 bridgehead atoms. The maximum absolute atomic E-state index is 13.4. The van der Waals surface area contributed by atoms with Crippen molar-refractivity contribution < 1.29 is 29.4 Å². The molecule has 5 atom stereocenters. The predicted molar refractivity (Wildman–Crippen MR) is 145 cm³/mol. The zero-order valence-corrected chi connectivity index (χ0v) is 22.5. The molecule has 1 aliphatic heterocycles. The van der Waals surface area contributed by atoms with Crippen molar-refractivity contribution in [2.24, 2.45) is 28.1 Å². The van der Waals surface area contributed by atoms with Crippen LogP contribution in [0.1, 0.15) is 51.5 Å². The standard InChI is InChI=1S/C26H41N7O6/c1-3-15(2)21(25(38)39)32-22(35)19(14-16-8-10-17(34)11-9-16)31-23(36)20-7-5-13-33(20)24(37)18(27)6-4-12-30-26(28)29/h8-11,15,18-21,34H,3-7,12-14,27H2,1-2H3,(H,31,36)(H,32,35)(H,38,39)(H4,28,29,30)/t15-,18-,19-,20-,21-/m0/s1. The van der Waals surface area contributed by atoms with E-state index in [9.17, 15) is 29.4 Å². The van der Waals surface area contributed by atoms with Gasteiger partial charge in [0.25, 0.3) is 0 Å². The number of hydrogen-bond donors (Lipinski definition) is 7. The minimum atomic E-state index is -1.17. The lowest BCUT2D eigenvalue weighted by Gasteiger charge is -2.29. The van der Waals surface area contributed by atoms with E-state index in [4.69, 9.17) is 17.2 Å². The van der Waals surface area contributed by atoms with Crippen molar-refractivity contribution in [2.45, 2.75) is 76.5 Å². The number of hydrogen-bond acceptors (Lipinski definition) is 7. The summed E-state index contributed by atoms with van der Waals surface area (Å²) >= 11 is 0. The topological polar surface area (TPSA) is 226 Å². The summed E-state index contributed by atoms with van der Waals surface area (Å²) in [6.45, 7) is 4.21. The van der Waals surface area contributed by atoms with Gasteiger partial charge in [-0.05, 0) is 49.3 Å². The van der Waals surface area contributed by atoms with Gasteiger partial charge < -0.3 is 42.9 Å². The fourth-order valence-corrected chi connectivity index (χ4v) is 4.44. The molecule has 0 aromatic heterocycles. The zero-order chi connectivity index (χ0) is 29.1. The Balaban J connectivity index is 2.16. The highest BCUT2D eigenvalue weighted by Crippen LogP contribution is 2.20. The van der Waals surface area contributed by atoms with Gasteiger partial charge in [-0.3, -0.25) is 19.4 Å². The molecule has 2 rings (SSSR count). The highest BCUT2D eigenvalue weighted by molar-refractivity contribution is 5.94. The van der Waals surface area contributed by atoms with Crippen molar-refractivity contribution in [3.8, 4) is 5.75 Å². The van der Waals surface area contributed by atoms with Gasteiger partial charge in [0, 0.05) is 19.5 Å². The van der Waals surface area contributed by atoms with E-state index in [0.29, 0.717) is 50.8 Å². The first-order valence-electron chi connectivity index (χ1n) is 13.2. The summed E-state index contributed by atoms with van der Waals surface area (Å²) in [4.78, 5) is 56.7. The lowest BCUT2D eigenvalue weighted by Crippen LogP contribution is -2.57. The van der Waals surface area contributed by atoms with Crippen molar-refractivity contribution in [3.63, 3.8) is 0 Å². The third-order valence-electron chi connectivity index (χ3n) is 6.91. The maximum atomic E-state index is 13.4. The van der Waals surface area contributed by atoms with Crippen LogP contribution in [0.5, 0.6) is 5.75 Å². The Morgan fingerprint density at radius 3 is 2.41 bits per heavy atom.